The van der Waals surface area contributed by atoms with Gasteiger partial charge in [0.1, 0.15) is 12.3 Å². The molecule has 0 aliphatic heterocycles. The van der Waals surface area contributed by atoms with E-state index in [0.29, 0.717) is 18.8 Å². The van der Waals surface area contributed by atoms with Gasteiger partial charge in [-0.05, 0) is 50.1 Å². The fraction of sp³-hybridized carbons (Fsp3) is 0.350. The van der Waals surface area contributed by atoms with E-state index < -0.39 is 10.0 Å². The second-order valence-electron chi connectivity index (χ2n) is 6.42. The predicted octanol–water partition coefficient (Wildman–Crippen LogP) is 2.78. The van der Waals surface area contributed by atoms with Crippen LogP contribution in [0, 0.1) is 13.8 Å². The lowest BCUT2D eigenvalue weighted by atomic mass is 10.1. The zero-order valence-electron chi connectivity index (χ0n) is 16.2. The first-order valence-electron chi connectivity index (χ1n) is 8.74. The molecule has 1 N–H and O–H groups in total. The smallest absolute Gasteiger partial charge is 0.241 e. The molecule has 0 atom stereocenters. The van der Waals surface area contributed by atoms with Crippen LogP contribution in [0.2, 0.25) is 0 Å². The van der Waals surface area contributed by atoms with Crippen LogP contribution in [0.5, 0.6) is 5.75 Å². The first-order valence-corrected chi connectivity index (χ1v) is 10.6. The highest BCUT2D eigenvalue weighted by atomic mass is 32.2. The number of nitrogens with one attached hydrogen (secondary N) is 1. The molecule has 0 fully saturated rings. The topological polar surface area (TPSA) is 75.7 Å². The largest absolute Gasteiger partial charge is 0.494 e. The SMILES string of the molecule is CCOc1cccc(CNC(=O)CN(c2ccc(C)cc2C)S(C)(=O)=O)c1. The standard InChI is InChI=1S/C20H26N2O4S/c1-5-26-18-8-6-7-17(12-18)13-21-20(23)14-22(27(4,24)25)19-10-9-15(2)11-16(19)3/h6-12H,5,13-14H2,1-4H3,(H,21,23). The van der Waals surface area contributed by atoms with E-state index in [9.17, 15) is 13.2 Å². The van der Waals surface area contributed by atoms with Gasteiger partial charge < -0.3 is 10.1 Å². The summed E-state index contributed by atoms with van der Waals surface area (Å²) in [6, 6.07) is 12.9. The minimum absolute atomic E-state index is 0.270. The van der Waals surface area contributed by atoms with Crippen LogP contribution in [-0.2, 0) is 21.4 Å². The fourth-order valence-electron chi connectivity index (χ4n) is 2.77. The van der Waals surface area contributed by atoms with Crippen molar-refractivity contribution in [1.29, 1.82) is 0 Å². The summed E-state index contributed by atoms with van der Waals surface area (Å²) in [6.45, 7) is 6.26. The maximum atomic E-state index is 12.4. The molecule has 6 nitrogen and oxygen atoms in total. The van der Waals surface area contributed by atoms with Gasteiger partial charge in [-0.1, -0.05) is 29.8 Å². The number of benzene rings is 2. The van der Waals surface area contributed by atoms with Gasteiger partial charge in [0.05, 0.1) is 18.6 Å². The summed E-state index contributed by atoms with van der Waals surface area (Å²) >= 11 is 0. The van der Waals surface area contributed by atoms with Gasteiger partial charge in [0.2, 0.25) is 15.9 Å². The first kappa shape index (κ1) is 20.8. The maximum Gasteiger partial charge on any atom is 0.241 e. The highest BCUT2D eigenvalue weighted by molar-refractivity contribution is 7.92. The van der Waals surface area contributed by atoms with Crippen LogP contribution in [-0.4, -0.2) is 33.7 Å². The van der Waals surface area contributed by atoms with Crippen molar-refractivity contribution in [1.82, 2.24) is 5.32 Å². The Balaban J connectivity index is 2.09. The molecular formula is C20H26N2O4S. The number of sulfonamides is 1. The Morgan fingerprint density at radius 1 is 1.15 bits per heavy atom. The van der Waals surface area contributed by atoms with Gasteiger partial charge in [0.25, 0.3) is 0 Å². The molecule has 0 aliphatic carbocycles. The van der Waals surface area contributed by atoms with Crippen LogP contribution in [0.25, 0.3) is 0 Å². The number of carbonyl (C=O) groups is 1. The quantitative estimate of drug-likeness (QED) is 0.752. The van der Waals surface area contributed by atoms with Crippen molar-refractivity contribution in [2.45, 2.75) is 27.3 Å². The third kappa shape index (κ3) is 5.99. The van der Waals surface area contributed by atoms with E-state index in [2.05, 4.69) is 5.32 Å². The van der Waals surface area contributed by atoms with E-state index >= 15 is 0 Å². The summed E-state index contributed by atoms with van der Waals surface area (Å²) < 4.78 is 31.0. The molecule has 0 spiro atoms. The average Bonchev–Trinajstić information content (AvgIpc) is 2.58. The van der Waals surface area contributed by atoms with Gasteiger partial charge in [-0.15, -0.1) is 0 Å². The summed E-state index contributed by atoms with van der Waals surface area (Å²) in [4.78, 5) is 12.4. The molecule has 2 aromatic rings. The summed E-state index contributed by atoms with van der Waals surface area (Å²) in [5.74, 6) is 0.361. The third-order valence-electron chi connectivity index (χ3n) is 4.01. The molecule has 0 bridgehead atoms. The highest BCUT2D eigenvalue weighted by Crippen LogP contribution is 2.23. The van der Waals surface area contributed by atoms with Gasteiger partial charge in [-0.3, -0.25) is 9.10 Å². The van der Waals surface area contributed by atoms with Crippen LogP contribution >= 0.6 is 0 Å². The summed E-state index contributed by atoms with van der Waals surface area (Å²) in [6.07, 6.45) is 1.10. The number of nitrogens with zero attached hydrogens (tertiary/aromatic N) is 1. The van der Waals surface area contributed by atoms with Crippen LogP contribution in [0.4, 0.5) is 5.69 Å². The number of carbonyl (C=O) groups excluding carboxylic acids is 1. The number of rotatable bonds is 8. The zero-order valence-corrected chi connectivity index (χ0v) is 17.0. The van der Waals surface area contributed by atoms with Crippen molar-refractivity contribution in [3.63, 3.8) is 0 Å². The number of amides is 1. The number of hydrogen-bond acceptors (Lipinski definition) is 4. The average molecular weight is 391 g/mol. The lowest BCUT2D eigenvalue weighted by Crippen LogP contribution is -2.40. The van der Waals surface area contributed by atoms with Gasteiger partial charge in [-0.2, -0.15) is 0 Å². The minimum atomic E-state index is -3.59. The van der Waals surface area contributed by atoms with E-state index in [1.807, 2.05) is 57.2 Å². The fourth-order valence-corrected chi connectivity index (χ4v) is 3.68. The number of aryl methyl sites for hydroxylation is 2. The van der Waals surface area contributed by atoms with Gasteiger partial charge in [0.15, 0.2) is 0 Å². The van der Waals surface area contributed by atoms with Crippen molar-refractivity contribution in [2.24, 2.45) is 0 Å². The first-order chi connectivity index (χ1) is 12.7. The number of anilines is 1. The van der Waals surface area contributed by atoms with E-state index in [4.69, 9.17) is 4.74 Å². The summed E-state index contributed by atoms with van der Waals surface area (Å²) in [5.41, 5.74) is 3.23. The molecule has 27 heavy (non-hydrogen) atoms. The zero-order chi connectivity index (χ0) is 20.0. The molecule has 0 radical (unpaired) electrons. The Hall–Kier alpha value is -2.54. The Morgan fingerprint density at radius 3 is 2.52 bits per heavy atom. The summed E-state index contributed by atoms with van der Waals surface area (Å²) in [5, 5.41) is 2.77. The van der Waals surface area contributed by atoms with Crippen LogP contribution in [0.3, 0.4) is 0 Å². The van der Waals surface area contributed by atoms with Crippen molar-refractivity contribution >= 4 is 21.6 Å². The Labute approximate surface area is 161 Å². The van der Waals surface area contributed by atoms with Crippen LogP contribution < -0.4 is 14.4 Å². The molecule has 0 heterocycles. The van der Waals surface area contributed by atoms with Crippen molar-refractivity contribution in [2.75, 3.05) is 23.7 Å². The number of ether oxygens (including phenoxy) is 1. The molecule has 0 aliphatic rings. The lowest BCUT2D eigenvalue weighted by molar-refractivity contribution is -0.119. The second-order valence-corrected chi connectivity index (χ2v) is 8.32. The van der Waals surface area contributed by atoms with Gasteiger partial charge >= 0.3 is 0 Å². The number of hydrogen-bond donors (Lipinski definition) is 1. The highest BCUT2D eigenvalue weighted by Gasteiger charge is 2.22. The predicted molar refractivity (Wildman–Crippen MR) is 108 cm³/mol. The lowest BCUT2D eigenvalue weighted by Gasteiger charge is -2.24. The molecule has 0 unspecified atom stereocenters. The van der Waals surface area contributed by atoms with Crippen molar-refractivity contribution in [3.05, 3.63) is 59.2 Å². The monoisotopic (exact) mass is 390 g/mol. The molecule has 1 amide bonds. The van der Waals surface area contributed by atoms with Crippen molar-refractivity contribution in [3.8, 4) is 5.75 Å². The molecule has 146 valence electrons. The molecule has 7 heteroatoms. The second kappa shape index (κ2) is 8.90. The third-order valence-corrected chi connectivity index (χ3v) is 5.13. The van der Waals surface area contributed by atoms with E-state index in [0.717, 1.165) is 33.0 Å². The summed E-state index contributed by atoms with van der Waals surface area (Å²) in [7, 11) is -3.59. The molecule has 0 aromatic heterocycles. The van der Waals surface area contributed by atoms with Crippen LogP contribution in [0.15, 0.2) is 42.5 Å². The molecular weight excluding hydrogens is 364 g/mol. The van der Waals surface area contributed by atoms with E-state index in [1.165, 1.54) is 0 Å². The van der Waals surface area contributed by atoms with E-state index in [-0.39, 0.29) is 12.5 Å². The van der Waals surface area contributed by atoms with E-state index in [1.54, 1.807) is 6.07 Å². The Bertz CT molecular complexity index is 910. The minimum Gasteiger partial charge on any atom is -0.494 e. The van der Waals surface area contributed by atoms with Gasteiger partial charge in [0, 0.05) is 6.54 Å². The Kier molecular flexibility index (Phi) is 6.85. The molecule has 2 aromatic carbocycles. The van der Waals surface area contributed by atoms with Crippen LogP contribution in [0.1, 0.15) is 23.6 Å². The molecule has 0 saturated heterocycles. The molecule has 0 saturated carbocycles. The van der Waals surface area contributed by atoms with Crippen molar-refractivity contribution < 1.29 is 17.9 Å². The van der Waals surface area contributed by atoms with Gasteiger partial charge in [-0.25, -0.2) is 8.42 Å². The Morgan fingerprint density at radius 2 is 1.89 bits per heavy atom. The maximum absolute atomic E-state index is 12.4. The molecule has 2 rings (SSSR count). The normalized spacial score (nSPS) is 11.1.